The van der Waals surface area contributed by atoms with Gasteiger partial charge in [0.1, 0.15) is 24.2 Å². The van der Waals surface area contributed by atoms with Gasteiger partial charge in [-0.3, -0.25) is 19.5 Å². The third kappa shape index (κ3) is 6.41. The highest BCUT2D eigenvalue weighted by atomic mass is 19.1. The lowest BCUT2D eigenvalue weighted by molar-refractivity contribution is -0.127. The summed E-state index contributed by atoms with van der Waals surface area (Å²) in [6.07, 6.45) is 3.74. The minimum absolute atomic E-state index is 0.0720. The SMILES string of the molecule is CC(C)CCNC(=O)[C@H](c1ccncc1)N(C(=O)Cn1nnc(-c2ccc(F)cc2)n1)c1ccccc1F. The minimum Gasteiger partial charge on any atom is -0.354 e. The Morgan fingerprint density at radius 1 is 1.00 bits per heavy atom. The molecular weight excluding hydrogens is 492 g/mol. The van der Waals surface area contributed by atoms with E-state index in [0.717, 1.165) is 16.1 Å². The number of carbonyl (C=O) groups excluding carboxylic acids is 2. The molecule has 38 heavy (non-hydrogen) atoms. The van der Waals surface area contributed by atoms with Gasteiger partial charge < -0.3 is 5.32 Å². The molecule has 0 radical (unpaired) electrons. The molecule has 1 N–H and O–H groups in total. The quantitative estimate of drug-likeness (QED) is 0.340. The van der Waals surface area contributed by atoms with Crippen molar-refractivity contribution in [3.8, 4) is 11.4 Å². The van der Waals surface area contributed by atoms with Gasteiger partial charge in [-0.1, -0.05) is 26.0 Å². The van der Waals surface area contributed by atoms with Gasteiger partial charge in [0.25, 0.3) is 5.91 Å². The molecule has 2 aromatic carbocycles. The van der Waals surface area contributed by atoms with Crippen molar-refractivity contribution in [2.75, 3.05) is 11.4 Å². The summed E-state index contributed by atoms with van der Waals surface area (Å²) in [5.41, 5.74) is 0.893. The Hall–Kier alpha value is -4.54. The number of rotatable bonds is 10. The number of hydrogen-bond donors (Lipinski definition) is 1. The van der Waals surface area contributed by atoms with Crippen molar-refractivity contribution in [1.29, 1.82) is 0 Å². The van der Waals surface area contributed by atoms with Crippen molar-refractivity contribution in [2.45, 2.75) is 32.9 Å². The lowest BCUT2D eigenvalue weighted by Gasteiger charge is -2.31. The number of halogens is 2. The Morgan fingerprint density at radius 2 is 1.71 bits per heavy atom. The molecule has 4 aromatic rings. The molecule has 0 aliphatic rings. The minimum atomic E-state index is -1.19. The monoisotopic (exact) mass is 519 g/mol. The predicted octanol–water partition coefficient (Wildman–Crippen LogP) is 3.95. The molecule has 2 amide bonds. The van der Waals surface area contributed by atoms with Gasteiger partial charge in [0.05, 0.1) is 5.69 Å². The number of nitrogens with zero attached hydrogens (tertiary/aromatic N) is 6. The normalized spacial score (nSPS) is 11.8. The smallest absolute Gasteiger partial charge is 0.251 e. The Bertz CT molecular complexity index is 1380. The van der Waals surface area contributed by atoms with E-state index >= 15 is 4.39 Å². The standard InChI is InChI=1S/C27H27F2N7O2/c1-18(2)11-16-31-27(38)25(19-12-14-30-15-13-19)36(23-6-4-3-5-22(23)29)24(37)17-35-33-26(32-34-35)20-7-9-21(28)10-8-20/h3-10,12-15,18,25H,11,16-17H2,1-2H3,(H,31,38)/t25-/m0/s1. The molecule has 11 heteroatoms. The molecule has 0 saturated carbocycles. The van der Waals surface area contributed by atoms with Gasteiger partial charge in [-0.15, -0.1) is 10.2 Å². The zero-order valence-corrected chi connectivity index (χ0v) is 21.0. The van der Waals surface area contributed by atoms with Crippen LogP contribution in [0.5, 0.6) is 0 Å². The fourth-order valence-corrected chi connectivity index (χ4v) is 3.83. The molecule has 0 aliphatic heterocycles. The van der Waals surface area contributed by atoms with Crippen LogP contribution in [0.3, 0.4) is 0 Å². The molecule has 0 unspecified atom stereocenters. The van der Waals surface area contributed by atoms with Crippen LogP contribution in [-0.4, -0.2) is 43.6 Å². The highest BCUT2D eigenvalue weighted by molar-refractivity contribution is 6.01. The second-order valence-corrected chi connectivity index (χ2v) is 9.02. The third-order valence-corrected chi connectivity index (χ3v) is 5.76. The van der Waals surface area contributed by atoms with E-state index in [-0.39, 0.29) is 11.5 Å². The van der Waals surface area contributed by atoms with Gasteiger partial charge in [0, 0.05) is 24.5 Å². The molecule has 2 heterocycles. The first-order valence-corrected chi connectivity index (χ1v) is 12.1. The molecule has 0 aliphatic carbocycles. The van der Waals surface area contributed by atoms with Gasteiger partial charge in [0.2, 0.25) is 11.7 Å². The van der Waals surface area contributed by atoms with Crippen LogP contribution in [0.1, 0.15) is 31.9 Å². The number of pyridine rings is 1. The number of nitrogens with one attached hydrogen (secondary N) is 1. The Balaban J connectivity index is 1.69. The summed E-state index contributed by atoms with van der Waals surface area (Å²) >= 11 is 0. The first kappa shape index (κ1) is 26.5. The van der Waals surface area contributed by atoms with Crippen molar-refractivity contribution >= 4 is 17.5 Å². The fraction of sp³-hybridized carbons (Fsp3) is 0.259. The second-order valence-electron chi connectivity index (χ2n) is 9.02. The van der Waals surface area contributed by atoms with Crippen molar-refractivity contribution < 1.29 is 18.4 Å². The van der Waals surface area contributed by atoms with Crippen molar-refractivity contribution in [2.24, 2.45) is 5.92 Å². The molecule has 0 spiro atoms. The number of amides is 2. The summed E-state index contributed by atoms with van der Waals surface area (Å²) in [5.74, 6) is -1.65. The number of aromatic nitrogens is 5. The van der Waals surface area contributed by atoms with Crippen molar-refractivity contribution in [3.63, 3.8) is 0 Å². The van der Waals surface area contributed by atoms with Gasteiger partial charge in [0.15, 0.2) is 0 Å². The van der Waals surface area contributed by atoms with Crippen LogP contribution >= 0.6 is 0 Å². The van der Waals surface area contributed by atoms with E-state index in [4.69, 9.17) is 0 Å². The summed E-state index contributed by atoms with van der Waals surface area (Å²) in [7, 11) is 0. The predicted molar refractivity (Wildman–Crippen MR) is 137 cm³/mol. The molecule has 0 saturated heterocycles. The van der Waals surface area contributed by atoms with E-state index in [0.29, 0.717) is 23.6 Å². The van der Waals surface area contributed by atoms with E-state index in [9.17, 15) is 14.0 Å². The summed E-state index contributed by atoms with van der Waals surface area (Å²) in [6, 6.07) is 13.3. The number of hydrogen-bond acceptors (Lipinski definition) is 6. The van der Waals surface area contributed by atoms with E-state index < -0.39 is 36.0 Å². The molecule has 0 fully saturated rings. The third-order valence-electron chi connectivity index (χ3n) is 5.76. The van der Waals surface area contributed by atoms with Crippen molar-refractivity contribution in [3.05, 3.63) is 90.3 Å². The first-order chi connectivity index (χ1) is 18.3. The van der Waals surface area contributed by atoms with Gasteiger partial charge >= 0.3 is 0 Å². The van der Waals surface area contributed by atoms with Crippen LogP contribution in [0.4, 0.5) is 14.5 Å². The van der Waals surface area contributed by atoms with Crippen molar-refractivity contribution in [1.82, 2.24) is 30.5 Å². The van der Waals surface area contributed by atoms with Crippen LogP contribution in [0.25, 0.3) is 11.4 Å². The van der Waals surface area contributed by atoms with Crippen LogP contribution in [0.15, 0.2) is 73.1 Å². The summed E-state index contributed by atoms with van der Waals surface area (Å²) < 4.78 is 28.4. The van der Waals surface area contributed by atoms with Gasteiger partial charge in [-0.25, -0.2) is 8.78 Å². The van der Waals surface area contributed by atoms with Crippen LogP contribution in [-0.2, 0) is 16.1 Å². The Labute approximate surface area is 218 Å². The molecule has 196 valence electrons. The highest BCUT2D eigenvalue weighted by Gasteiger charge is 2.34. The zero-order valence-electron chi connectivity index (χ0n) is 21.0. The fourth-order valence-electron chi connectivity index (χ4n) is 3.83. The number of anilines is 1. The Morgan fingerprint density at radius 3 is 2.39 bits per heavy atom. The lowest BCUT2D eigenvalue weighted by atomic mass is 10.0. The molecular formula is C27H27F2N7O2. The first-order valence-electron chi connectivity index (χ1n) is 12.1. The van der Waals surface area contributed by atoms with E-state index in [1.54, 1.807) is 18.2 Å². The van der Waals surface area contributed by atoms with Gasteiger partial charge in [-0.05, 0) is 71.6 Å². The topological polar surface area (TPSA) is 106 Å². The van der Waals surface area contributed by atoms with Crippen LogP contribution in [0.2, 0.25) is 0 Å². The largest absolute Gasteiger partial charge is 0.354 e. The summed E-state index contributed by atoms with van der Waals surface area (Å²) in [4.78, 5) is 33.4. The lowest BCUT2D eigenvalue weighted by Crippen LogP contribution is -2.46. The Kier molecular flexibility index (Phi) is 8.47. The van der Waals surface area contributed by atoms with E-state index in [1.807, 2.05) is 13.8 Å². The van der Waals surface area contributed by atoms with Crippen LogP contribution in [0, 0.1) is 17.6 Å². The second kappa shape index (κ2) is 12.1. The molecule has 2 aromatic heterocycles. The average Bonchev–Trinajstić information content (AvgIpc) is 3.36. The summed E-state index contributed by atoms with van der Waals surface area (Å²) in [5, 5.41) is 15.0. The maximum atomic E-state index is 15.1. The molecule has 4 rings (SSSR count). The highest BCUT2D eigenvalue weighted by Crippen LogP contribution is 2.30. The maximum Gasteiger partial charge on any atom is 0.251 e. The molecule has 1 atom stereocenters. The maximum absolute atomic E-state index is 15.1. The molecule has 9 nitrogen and oxygen atoms in total. The number of carbonyl (C=O) groups is 2. The van der Waals surface area contributed by atoms with Crippen LogP contribution < -0.4 is 10.2 Å². The number of benzene rings is 2. The molecule has 0 bridgehead atoms. The van der Waals surface area contributed by atoms with Gasteiger partial charge in [-0.2, -0.15) is 4.80 Å². The number of para-hydroxylation sites is 1. The average molecular weight is 520 g/mol. The van der Waals surface area contributed by atoms with E-state index in [1.165, 1.54) is 54.9 Å². The number of tetrazole rings is 1. The van der Waals surface area contributed by atoms with E-state index in [2.05, 4.69) is 25.7 Å². The zero-order chi connectivity index (χ0) is 27.1. The summed E-state index contributed by atoms with van der Waals surface area (Å²) in [6.45, 7) is 4.03.